The van der Waals surface area contributed by atoms with Gasteiger partial charge in [-0.3, -0.25) is 4.98 Å². The van der Waals surface area contributed by atoms with Gasteiger partial charge in [-0.15, -0.1) is 11.3 Å². The van der Waals surface area contributed by atoms with Crippen LogP contribution in [0.25, 0.3) is 0 Å². The molecule has 2 N–H and O–H groups in total. The second-order valence-electron chi connectivity index (χ2n) is 5.16. The molecule has 0 aromatic carbocycles. The molecule has 24 heavy (non-hydrogen) atoms. The lowest BCUT2D eigenvalue weighted by Gasteiger charge is -2.23. The summed E-state index contributed by atoms with van der Waals surface area (Å²) in [4.78, 5) is 17.9. The van der Waals surface area contributed by atoms with Gasteiger partial charge in [0.05, 0.1) is 17.4 Å². The Morgan fingerprint density at radius 2 is 2.38 bits per heavy atom. The number of hydrogen-bond acceptors (Lipinski definition) is 7. The fourth-order valence-electron chi connectivity index (χ4n) is 2.70. The van der Waals surface area contributed by atoms with E-state index in [-0.39, 0.29) is 12.5 Å². The number of esters is 1. The van der Waals surface area contributed by atoms with Gasteiger partial charge in [0, 0.05) is 17.3 Å². The van der Waals surface area contributed by atoms with Gasteiger partial charge in [-0.25, -0.2) is 4.79 Å². The number of carbonyl (C=O) groups excluding carboxylic acids is 1. The van der Waals surface area contributed by atoms with Crippen LogP contribution in [0.5, 0.6) is 5.75 Å². The molecule has 7 heteroatoms. The lowest BCUT2D eigenvalue weighted by atomic mass is 9.89. The normalized spacial score (nSPS) is 16.1. The van der Waals surface area contributed by atoms with Crippen molar-refractivity contribution in [1.29, 1.82) is 5.26 Å². The smallest absolute Gasteiger partial charge is 0.343 e. The predicted octanol–water partition coefficient (Wildman–Crippen LogP) is 2.85. The van der Waals surface area contributed by atoms with E-state index in [1.807, 2.05) is 13.0 Å². The molecule has 0 fully saturated rings. The van der Waals surface area contributed by atoms with Crippen LogP contribution in [0.15, 0.2) is 36.0 Å². The molecule has 0 spiro atoms. The number of ether oxygens (including phenoxy) is 2. The molecule has 1 unspecified atom stereocenters. The maximum atomic E-state index is 12.3. The van der Waals surface area contributed by atoms with Crippen LogP contribution in [-0.4, -0.2) is 17.6 Å². The number of nitrogens with two attached hydrogens (primary N) is 1. The Kier molecular flexibility index (Phi) is 4.23. The monoisotopic (exact) mass is 341 g/mol. The van der Waals surface area contributed by atoms with Crippen molar-refractivity contribution in [2.45, 2.75) is 19.8 Å². The van der Waals surface area contributed by atoms with Crippen molar-refractivity contribution in [2.75, 3.05) is 6.61 Å². The number of aryl methyl sites for hydroxylation is 1. The van der Waals surface area contributed by atoms with E-state index < -0.39 is 11.9 Å². The van der Waals surface area contributed by atoms with E-state index in [4.69, 9.17) is 15.2 Å². The average molecular weight is 341 g/mol. The van der Waals surface area contributed by atoms with Crippen LogP contribution in [0.2, 0.25) is 0 Å². The molecule has 0 saturated heterocycles. The third-order valence-corrected chi connectivity index (χ3v) is 4.86. The van der Waals surface area contributed by atoms with Crippen LogP contribution >= 0.6 is 11.3 Å². The highest BCUT2D eigenvalue weighted by Gasteiger charge is 2.37. The van der Waals surface area contributed by atoms with Crippen LogP contribution in [0.4, 0.5) is 0 Å². The number of nitrogens with zero attached hydrogens (tertiary/aromatic N) is 2. The highest BCUT2D eigenvalue weighted by atomic mass is 32.1. The molecule has 6 nitrogen and oxygen atoms in total. The van der Waals surface area contributed by atoms with Gasteiger partial charge >= 0.3 is 5.97 Å². The topological polar surface area (TPSA) is 98.2 Å². The predicted molar refractivity (Wildman–Crippen MR) is 88.5 cm³/mol. The number of carbonyl (C=O) groups is 1. The number of pyridine rings is 1. The zero-order valence-electron chi connectivity index (χ0n) is 13.2. The molecule has 1 atom stereocenters. The third-order valence-electron chi connectivity index (χ3n) is 3.71. The van der Waals surface area contributed by atoms with Crippen molar-refractivity contribution in [3.63, 3.8) is 0 Å². The molecule has 0 saturated carbocycles. The molecule has 3 rings (SSSR count). The minimum absolute atomic E-state index is 0.00204. The van der Waals surface area contributed by atoms with Gasteiger partial charge in [-0.05, 0) is 25.5 Å². The first kappa shape index (κ1) is 16.0. The van der Waals surface area contributed by atoms with E-state index in [1.54, 1.807) is 25.4 Å². The van der Waals surface area contributed by atoms with Crippen molar-refractivity contribution < 1.29 is 14.3 Å². The summed E-state index contributed by atoms with van der Waals surface area (Å²) >= 11 is 1.40. The Balaban J connectivity index is 2.20. The standard InChI is InChI=1S/C17H15N3O3S/c1-3-22-17(21)12-9(2)24-15-13(10-5-4-6-20-8-10)11(7-18)16(19)23-14(12)15/h4-6,8,13H,3,19H2,1-2H3. The third kappa shape index (κ3) is 2.51. The number of allylic oxidation sites excluding steroid dienone is 1. The first-order chi connectivity index (χ1) is 11.6. The zero-order chi connectivity index (χ0) is 17.3. The van der Waals surface area contributed by atoms with Crippen molar-refractivity contribution in [3.8, 4) is 11.8 Å². The number of fused-ring (bicyclic) bond motifs is 1. The molecule has 3 heterocycles. The van der Waals surface area contributed by atoms with Crippen LogP contribution < -0.4 is 10.5 Å². The largest absolute Gasteiger partial charge is 0.462 e. The molecule has 1 aliphatic heterocycles. The summed E-state index contributed by atoms with van der Waals surface area (Å²) in [5.74, 6) is -0.478. The molecule has 0 radical (unpaired) electrons. The lowest BCUT2D eigenvalue weighted by Crippen LogP contribution is -2.21. The molecule has 0 amide bonds. The Labute approximate surface area is 143 Å². The minimum atomic E-state index is -0.453. The van der Waals surface area contributed by atoms with Crippen molar-refractivity contribution in [2.24, 2.45) is 5.73 Å². The van der Waals surface area contributed by atoms with E-state index in [0.717, 1.165) is 15.3 Å². The number of hydrogen-bond donors (Lipinski definition) is 1. The van der Waals surface area contributed by atoms with Crippen LogP contribution in [0, 0.1) is 18.3 Å². The zero-order valence-corrected chi connectivity index (χ0v) is 14.0. The molecule has 122 valence electrons. The fraction of sp³-hybridized carbons (Fsp3) is 0.235. The highest BCUT2D eigenvalue weighted by molar-refractivity contribution is 7.12. The van der Waals surface area contributed by atoms with Gasteiger partial charge < -0.3 is 15.2 Å². The van der Waals surface area contributed by atoms with Gasteiger partial charge in [0.2, 0.25) is 5.88 Å². The summed E-state index contributed by atoms with van der Waals surface area (Å²) in [7, 11) is 0. The van der Waals surface area contributed by atoms with Crippen molar-refractivity contribution in [1.82, 2.24) is 4.98 Å². The quantitative estimate of drug-likeness (QED) is 0.862. The Bertz CT molecular complexity index is 865. The van der Waals surface area contributed by atoms with E-state index in [9.17, 15) is 10.1 Å². The number of rotatable bonds is 3. The molecule has 2 aromatic heterocycles. The summed E-state index contributed by atoms with van der Waals surface area (Å²) < 4.78 is 10.7. The lowest BCUT2D eigenvalue weighted by molar-refractivity contribution is 0.0522. The van der Waals surface area contributed by atoms with Gasteiger partial charge in [0.25, 0.3) is 0 Å². The maximum absolute atomic E-state index is 12.3. The van der Waals surface area contributed by atoms with Gasteiger partial charge in [0.15, 0.2) is 5.75 Å². The van der Waals surface area contributed by atoms with Gasteiger partial charge in [0.1, 0.15) is 17.2 Å². The average Bonchev–Trinajstić information content (AvgIpc) is 2.90. The van der Waals surface area contributed by atoms with E-state index >= 15 is 0 Å². The molecular formula is C17H15N3O3S. The van der Waals surface area contributed by atoms with Crippen LogP contribution in [-0.2, 0) is 4.74 Å². The number of thiophene rings is 1. The van der Waals surface area contributed by atoms with Gasteiger partial charge in [-0.2, -0.15) is 5.26 Å². The second-order valence-corrected chi connectivity index (χ2v) is 6.41. The highest BCUT2D eigenvalue weighted by Crippen LogP contribution is 2.49. The second kappa shape index (κ2) is 6.34. The molecule has 0 bridgehead atoms. The number of aromatic nitrogens is 1. The summed E-state index contributed by atoms with van der Waals surface area (Å²) in [5.41, 5.74) is 7.45. The van der Waals surface area contributed by atoms with Crippen molar-refractivity contribution >= 4 is 17.3 Å². The van der Waals surface area contributed by atoms with Crippen LogP contribution in [0.3, 0.4) is 0 Å². The molecule has 2 aromatic rings. The van der Waals surface area contributed by atoms with E-state index in [0.29, 0.717) is 16.9 Å². The van der Waals surface area contributed by atoms with Crippen molar-refractivity contribution in [3.05, 3.63) is 56.9 Å². The summed E-state index contributed by atoms with van der Waals surface area (Å²) in [6, 6.07) is 5.78. The molecule has 0 aliphatic carbocycles. The molecular weight excluding hydrogens is 326 g/mol. The fourth-order valence-corrected chi connectivity index (χ4v) is 3.92. The summed E-state index contributed by atoms with van der Waals surface area (Å²) in [5, 5.41) is 9.51. The summed E-state index contributed by atoms with van der Waals surface area (Å²) in [6.07, 6.45) is 3.34. The first-order valence-electron chi connectivity index (χ1n) is 7.36. The Morgan fingerprint density at radius 1 is 1.58 bits per heavy atom. The van der Waals surface area contributed by atoms with E-state index in [1.165, 1.54) is 11.3 Å². The Hall–Kier alpha value is -2.85. The minimum Gasteiger partial charge on any atom is -0.462 e. The van der Waals surface area contributed by atoms with E-state index in [2.05, 4.69) is 11.1 Å². The first-order valence-corrected chi connectivity index (χ1v) is 8.18. The summed E-state index contributed by atoms with van der Waals surface area (Å²) in [6.45, 7) is 3.83. The van der Waals surface area contributed by atoms with Gasteiger partial charge in [-0.1, -0.05) is 6.07 Å². The maximum Gasteiger partial charge on any atom is 0.343 e. The molecule has 1 aliphatic rings. The Morgan fingerprint density at radius 3 is 3.00 bits per heavy atom. The van der Waals surface area contributed by atoms with Crippen LogP contribution in [0.1, 0.15) is 38.5 Å². The number of nitriles is 1. The SMILES string of the molecule is CCOC(=O)c1c(C)sc2c1OC(N)=C(C#N)C2c1cccnc1.